The molecule has 0 saturated heterocycles. The third kappa shape index (κ3) is 5.37. The van der Waals surface area contributed by atoms with Gasteiger partial charge in [-0.15, -0.1) is 10.2 Å². The maximum atomic E-state index is 5.95. The van der Waals surface area contributed by atoms with Crippen LogP contribution in [-0.4, -0.2) is 47.0 Å². The summed E-state index contributed by atoms with van der Waals surface area (Å²) in [6.07, 6.45) is -0.0628. The van der Waals surface area contributed by atoms with Gasteiger partial charge < -0.3 is 24.7 Å². The lowest BCUT2D eigenvalue weighted by Gasteiger charge is -2.19. The van der Waals surface area contributed by atoms with Gasteiger partial charge in [0, 0.05) is 13.6 Å². The van der Waals surface area contributed by atoms with Gasteiger partial charge >= 0.3 is 0 Å². The lowest BCUT2D eigenvalue weighted by Crippen LogP contribution is -2.41. The van der Waals surface area contributed by atoms with E-state index < -0.39 is 0 Å². The predicted octanol–water partition coefficient (Wildman–Crippen LogP) is 1.65. The number of benzene rings is 1. The number of methoxy groups -OCH3 is 1. The van der Waals surface area contributed by atoms with E-state index in [2.05, 4.69) is 25.8 Å². The molecule has 0 aliphatic heterocycles. The topological polar surface area (TPSA) is 85.6 Å². The Balaban J connectivity index is 1.92. The summed E-state index contributed by atoms with van der Waals surface area (Å²) in [7, 11) is 3.57. The number of aliphatic imine (C=N–C) groups is 1. The van der Waals surface area contributed by atoms with Gasteiger partial charge in [0.15, 0.2) is 23.3 Å². The van der Waals surface area contributed by atoms with Gasteiger partial charge in [-0.2, -0.15) is 0 Å². The molecule has 0 aliphatic carbocycles. The van der Waals surface area contributed by atoms with Crippen LogP contribution in [0.2, 0.25) is 0 Å². The van der Waals surface area contributed by atoms with Crippen molar-refractivity contribution in [1.82, 2.24) is 25.4 Å². The smallest absolute Gasteiger partial charge is 0.191 e. The van der Waals surface area contributed by atoms with Crippen LogP contribution in [0.25, 0.3) is 0 Å². The van der Waals surface area contributed by atoms with Crippen molar-refractivity contribution < 1.29 is 9.47 Å². The number of guanidine groups is 1. The summed E-state index contributed by atoms with van der Waals surface area (Å²) >= 11 is 0. The van der Waals surface area contributed by atoms with Crippen LogP contribution in [0.3, 0.4) is 0 Å². The zero-order chi connectivity index (χ0) is 18.9. The van der Waals surface area contributed by atoms with Gasteiger partial charge in [-0.1, -0.05) is 12.1 Å². The molecule has 0 radical (unpaired) electrons. The molecule has 142 valence electrons. The summed E-state index contributed by atoms with van der Waals surface area (Å²) < 4.78 is 13.2. The molecule has 0 spiro atoms. The van der Waals surface area contributed by atoms with Crippen molar-refractivity contribution in [3.8, 4) is 11.5 Å². The molecule has 8 nitrogen and oxygen atoms in total. The number of aromatic nitrogens is 3. The van der Waals surface area contributed by atoms with Crippen LogP contribution >= 0.6 is 0 Å². The molecular formula is C18H28N6O2. The van der Waals surface area contributed by atoms with Crippen molar-refractivity contribution in [2.75, 3.05) is 20.2 Å². The van der Waals surface area contributed by atoms with Gasteiger partial charge in [0.1, 0.15) is 18.5 Å². The molecule has 2 aromatic rings. The highest BCUT2D eigenvalue weighted by Crippen LogP contribution is 2.26. The van der Waals surface area contributed by atoms with Crippen LogP contribution in [0.4, 0.5) is 0 Å². The minimum Gasteiger partial charge on any atom is -0.493 e. The standard InChI is InChI=1S/C18H28N6O2/c1-6-19-18(21-12-17-23-22-14(3)24(17)4)20-11-13(2)26-16-10-8-7-9-15(16)25-5/h7-10,13H,6,11-12H2,1-5H3,(H2,19,20,21). The number of hydrogen-bond acceptors (Lipinski definition) is 5. The molecule has 2 N–H and O–H groups in total. The number of nitrogens with one attached hydrogen (secondary N) is 2. The zero-order valence-corrected chi connectivity index (χ0v) is 16.1. The summed E-state index contributed by atoms with van der Waals surface area (Å²) in [6, 6.07) is 7.61. The fourth-order valence-corrected chi connectivity index (χ4v) is 2.30. The molecule has 0 fully saturated rings. The Morgan fingerprint density at radius 1 is 1.23 bits per heavy atom. The number of para-hydroxylation sites is 2. The van der Waals surface area contributed by atoms with Gasteiger partial charge in [0.2, 0.25) is 0 Å². The van der Waals surface area contributed by atoms with E-state index in [0.29, 0.717) is 19.0 Å². The Bertz CT molecular complexity index is 728. The highest BCUT2D eigenvalue weighted by Gasteiger charge is 2.10. The number of ether oxygens (including phenoxy) is 2. The largest absolute Gasteiger partial charge is 0.493 e. The molecule has 0 saturated carbocycles. The highest BCUT2D eigenvalue weighted by molar-refractivity contribution is 5.79. The Morgan fingerprint density at radius 3 is 2.58 bits per heavy atom. The highest BCUT2D eigenvalue weighted by atomic mass is 16.5. The number of rotatable bonds is 8. The predicted molar refractivity (Wildman–Crippen MR) is 102 cm³/mol. The molecule has 0 amide bonds. The zero-order valence-electron chi connectivity index (χ0n) is 16.1. The van der Waals surface area contributed by atoms with Crippen molar-refractivity contribution in [2.45, 2.75) is 33.4 Å². The monoisotopic (exact) mass is 360 g/mol. The van der Waals surface area contributed by atoms with Crippen LogP contribution < -0.4 is 20.1 Å². The fraction of sp³-hybridized carbons (Fsp3) is 0.500. The minimum absolute atomic E-state index is 0.0628. The average molecular weight is 360 g/mol. The lowest BCUT2D eigenvalue weighted by atomic mass is 10.3. The summed E-state index contributed by atoms with van der Waals surface area (Å²) in [6.45, 7) is 7.76. The molecule has 1 heterocycles. The Kier molecular flexibility index (Phi) is 7.25. The molecule has 1 unspecified atom stereocenters. The summed E-state index contributed by atoms with van der Waals surface area (Å²) in [5.74, 6) is 3.84. The first-order valence-electron chi connectivity index (χ1n) is 8.71. The quantitative estimate of drug-likeness (QED) is 0.550. The molecule has 8 heteroatoms. The van der Waals surface area contributed by atoms with E-state index in [-0.39, 0.29) is 6.10 Å². The molecule has 2 rings (SSSR count). The van der Waals surface area contributed by atoms with Gasteiger partial charge in [0.05, 0.1) is 13.7 Å². The van der Waals surface area contributed by atoms with Crippen molar-refractivity contribution in [3.63, 3.8) is 0 Å². The van der Waals surface area contributed by atoms with E-state index >= 15 is 0 Å². The van der Waals surface area contributed by atoms with E-state index in [1.54, 1.807) is 7.11 Å². The first-order valence-corrected chi connectivity index (χ1v) is 8.71. The third-order valence-corrected chi connectivity index (χ3v) is 3.86. The van der Waals surface area contributed by atoms with Gasteiger partial charge in [-0.05, 0) is 32.9 Å². The van der Waals surface area contributed by atoms with Crippen LogP contribution in [0.1, 0.15) is 25.5 Å². The van der Waals surface area contributed by atoms with Crippen molar-refractivity contribution in [1.29, 1.82) is 0 Å². The maximum absolute atomic E-state index is 5.95. The normalized spacial score (nSPS) is 12.6. The number of aryl methyl sites for hydroxylation is 1. The molecule has 1 atom stereocenters. The summed E-state index contributed by atoms with van der Waals surface area (Å²) in [4.78, 5) is 4.56. The Hall–Kier alpha value is -2.77. The van der Waals surface area contributed by atoms with Gasteiger partial charge in [0.25, 0.3) is 0 Å². The maximum Gasteiger partial charge on any atom is 0.191 e. The molecular weight excluding hydrogens is 332 g/mol. The molecule has 0 aliphatic rings. The number of nitrogens with zero attached hydrogens (tertiary/aromatic N) is 4. The second kappa shape index (κ2) is 9.65. The van der Waals surface area contributed by atoms with Crippen LogP contribution in [0, 0.1) is 6.92 Å². The second-order valence-corrected chi connectivity index (χ2v) is 5.88. The Morgan fingerprint density at radius 2 is 1.96 bits per heavy atom. The first kappa shape index (κ1) is 19.6. The lowest BCUT2D eigenvalue weighted by molar-refractivity contribution is 0.213. The first-order chi connectivity index (χ1) is 12.5. The van der Waals surface area contributed by atoms with Crippen molar-refractivity contribution >= 4 is 5.96 Å². The summed E-state index contributed by atoms with van der Waals surface area (Å²) in [5, 5.41) is 14.7. The van der Waals surface area contributed by atoms with E-state index in [1.807, 2.05) is 56.7 Å². The van der Waals surface area contributed by atoms with E-state index in [1.165, 1.54) is 0 Å². The van der Waals surface area contributed by atoms with E-state index in [4.69, 9.17) is 9.47 Å². The van der Waals surface area contributed by atoms with E-state index in [0.717, 1.165) is 29.7 Å². The van der Waals surface area contributed by atoms with Crippen LogP contribution in [0.5, 0.6) is 11.5 Å². The van der Waals surface area contributed by atoms with Crippen molar-refractivity contribution in [3.05, 3.63) is 35.9 Å². The van der Waals surface area contributed by atoms with E-state index in [9.17, 15) is 0 Å². The molecule has 0 bridgehead atoms. The Labute approximate surface area is 154 Å². The molecule has 26 heavy (non-hydrogen) atoms. The van der Waals surface area contributed by atoms with Gasteiger partial charge in [-0.3, -0.25) is 0 Å². The molecule has 1 aromatic heterocycles. The average Bonchev–Trinajstić information content (AvgIpc) is 2.96. The fourth-order valence-electron chi connectivity index (χ4n) is 2.30. The second-order valence-electron chi connectivity index (χ2n) is 5.88. The van der Waals surface area contributed by atoms with Crippen LogP contribution in [-0.2, 0) is 13.6 Å². The van der Waals surface area contributed by atoms with Crippen LogP contribution in [0.15, 0.2) is 29.3 Å². The third-order valence-electron chi connectivity index (χ3n) is 3.86. The van der Waals surface area contributed by atoms with Gasteiger partial charge in [-0.25, -0.2) is 4.99 Å². The SMILES string of the molecule is CCNC(=NCc1nnc(C)n1C)NCC(C)Oc1ccccc1OC. The summed E-state index contributed by atoms with van der Waals surface area (Å²) in [5.41, 5.74) is 0. The van der Waals surface area contributed by atoms with Crippen molar-refractivity contribution in [2.24, 2.45) is 12.0 Å². The molecule has 1 aromatic carbocycles. The number of hydrogen-bond donors (Lipinski definition) is 2. The minimum atomic E-state index is -0.0628.